The highest BCUT2D eigenvalue weighted by molar-refractivity contribution is 7.13. The van der Waals surface area contributed by atoms with Gasteiger partial charge in [-0.25, -0.2) is 9.78 Å². The number of urea groups is 1. The van der Waals surface area contributed by atoms with E-state index in [1.165, 1.54) is 21.4 Å². The molecule has 1 saturated heterocycles. The van der Waals surface area contributed by atoms with Gasteiger partial charge in [0.05, 0.1) is 18.3 Å². The lowest BCUT2D eigenvalue weighted by Crippen LogP contribution is -2.55. The van der Waals surface area contributed by atoms with Crippen LogP contribution in [0.15, 0.2) is 29.6 Å². The first-order valence-electron chi connectivity index (χ1n) is 9.66. The normalized spacial score (nSPS) is 16.5. The molecule has 154 valence electrons. The zero-order valence-corrected chi connectivity index (χ0v) is 19.4. The maximum atomic E-state index is 12.7. The zero-order valence-electron chi connectivity index (χ0n) is 17.6. The molecule has 2 heterocycles. The molecule has 1 aliphatic rings. The minimum atomic E-state index is -0.483. The van der Waals surface area contributed by atoms with Crippen molar-refractivity contribution < 1.29 is 9.59 Å². The van der Waals surface area contributed by atoms with E-state index in [1.807, 2.05) is 24.0 Å². The molecule has 0 spiro atoms. The van der Waals surface area contributed by atoms with E-state index in [0.717, 1.165) is 10.8 Å². The Morgan fingerprint density at radius 1 is 1.21 bits per heavy atom. The Bertz CT molecular complexity index is 868. The molecule has 1 N–H and O–H groups in total. The third-order valence-corrected chi connectivity index (χ3v) is 7.38. The Morgan fingerprint density at radius 3 is 2.48 bits per heavy atom. The van der Waals surface area contributed by atoms with Crippen molar-refractivity contribution in [3.8, 4) is 0 Å². The minimum Gasteiger partial charge on any atom is -0.344 e. The van der Waals surface area contributed by atoms with Gasteiger partial charge in [0.15, 0.2) is 5.13 Å². The van der Waals surface area contributed by atoms with E-state index in [0.29, 0.717) is 25.3 Å². The van der Waals surface area contributed by atoms with E-state index in [2.05, 4.69) is 40.4 Å². The maximum absolute atomic E-state index is 12.7. The standard InChI is InChI=1S/C20H27N5O2SSi/c1-14-12-24(20-22-17(13-28-20)18(26)23(2)3)10-11-25(14)19(27)21-15-6-8-16(9-7-15)29(4)5/h6-9,13-14H,10-12H2,1-5H3/p+1/t14-/m1/s1. The van der Waals surface area contributed by atoms with E-state index in [1.54, 1.807) is 19.5 Å². The number of hydrogen-bond acceptors (Lipinski definition) is 5. The van der Waals surface area contributed by atoms with Crippen molar-refractivity contribution in [2.24, 2.45) is 0 Å². The SMILES string of the molecule is C[C@@H]1CN(c2nc(C(=O)N(C)C)cs2)CCN1C(=O)Nc1ccc([Si+](C)C)cc1. The van der Waals surface area contributed by atoms with Crippen molar-refractivity contribution in [2.75, 3.05) is 43.9 Å². The van der Waals surface area contributed by atoms with Crippen molar-refractivity contribution in [2.45, 2.75) is 26.1 Å². The van der Waals surface area contributed by atoms with E-state index in [-0.39, 0.29) is 18.0 Å². The lowest BCUT2D eigenvalue weighted by atomic mass is 10.2. The van der Waals surface area contributed by atoms with Crippen LogP contribution in [-0.2, 0) is 0 Å². The van der Waals surface area contributed by atoms with Crippen molar-refractivity contribution >= 4 is 48.1 Å². The fourth-order valence-electron chi connectivity index (χ4n) is 3.25. The molecule has 0 saturated carbocycles. The van der Waals surface area contributed by atoms with E-state index in [4.69, 9.17) is 0 Å². The number of hydrogen-bond donors (Lipinski definition) is 1. The maximum Gasteiger partial charge on any atom is 0.345 e. The molecule has 9 heteroatoms. The number of piperazine rings is 1. The highest BCUT2D eigenvalue weighted by atomic mass is 32.1. The number of nitrogens with one attached hydrogen (secondary N) is 1. The third-order valence-electron chi connectivity index (χ3n) is 4.99. The summed E-state index contributed by atoms with van der Waals surface area (Å²) in [6, 6.07) is 8.11. The number of thiazole rings is 1. The van der Waals surface area contributed by atoms with Crippen LogP contribution >= 0.6 is 11.3 Å². The highest BCUT2D eigenvalue weighted by Crippen LogP contribution is 2.24. The summed E-state index contributed by atoms with van der Waals surface area (Å²) in [7, 11) is 2.96. The van der Waals surface area contributed by atoms with Crippen LogP contribution in [0.4, 0.5) is 15.6 Å². The second-order valence-electron chi connectivity index (χ2n) is 7.71. The molecule has 1 atom stereocenters. The second kappa shape index (κ2) is 8.96. The third kappa shape index (κ3) is 4.97. The van der Waals surface area contributed by atoms with Crippen LogP contribution in [0.5, 0.6) is 0 Å². The van der Waals surface area contributed by atoms with Crippen molar-refractivity contribution in [3.05, 3.63) is 35.3 Å². The Morgan fingerprint density at radius 2 is 1.90 bits per heavy atom. The van der Waals surface area contributed by atoms with Gasteiger partial charge in [0.2, 0.25) is 0 Å². The number of aromatic nitrogens is 1. The molecule has 29 heavy (non-hydrogen) atoms. The van der Waals surface area contributed by atoms with Gasteiger partial charge in [-0.15, -0.1) is 11.3 Å². The fourth-order valence-corrected chi connectivity index (χ4v) is 4.92. The van der Waals surface area contributed by atoms with E-state index in [9.17, 15) is 9.59 Å². The first-order valence-corrected chi connectivity index (χ1v) is 13.0. The molecule has 1 aliphatic heterocycles. The van der Waals surface area contributed by atoms with Gasteiger partial charge in [-0.3, -0.25) is 4.79 Å². The second-order valence-corrected chi connectivity index (χ2v) is 11.1. The number of benzene rings is 1. The average molecular weight is 431 g/mol. The predicted molar refractivity (Wildman–Crippen MR) is 121 cm³/mol. The Labute approximate surface area is 177 Å². The topological polar surface area (TPSA) is 68.8 Å². The van der Waals surface area contributed by atoms with Crippen LogP contribution in [0, 0.1) is 0 Å². The van der Waals surface area contributed by atoms with Gasteiger partial charge in [-0.05, 0) is 31.2 Å². The lowest BCUT2D eigenvalue weighted by molar-refractivity contribution is 0.0823. The van der Waals surface area contributed by atoms with Gasteiger partial charge in [-0.2, -0.15) is 0 Å². The van der Waals surface area contributed by atoms with Gasteiger partial charge in [-0.1, -0.05) is 0 Å². The highest BCUT2D eigenvalue weighted by Gasteiger charge is 2.29. The molecular formula is C20H28N5O2SSi+. The van der Waals surface area contributed by atoms with Crippen molar-refractivity contribution in [1.82, 2.24) is 14.8 Å². The number of rotatable bonds is 4. The van der Waals surface area contributed by atoms with Crippen LogP contribution in [-0.4, -0.2) is 75.3 Å². The summed E-state index contributed by atoms with van der Waals surface area (Å²) in [5, 5.41) is 6.99. The average Bonchev–Trinajstić information content (AvgIpc) is 3.17. The van der Waals surface area contributed by atoms with E-state index >= 15 is 0 Å². The monoisotopic (exact) mass is 430 g/mol. The summed E-state index contributed by atoms with van der Waals surface area (Å²) in [5.74, 6) is -0.0935. The zero-order chi connectivity index (χ0) is 21.1. The van der Waals surface area contributed by atoms with Crippen LogP contribution in [0.2, 0.25) is 13.1 Å². The predicted octanol–water partition coefficient (Wildman–Crippen LogP) is 2.55. The molecule has 1 fully saturated rings. The Hall–Kier alpha value is -2.39. The van der Waals surface area contributed by atoms with Crippen LogP contribution in [0.25, 0.3) is 0 Å². The van der Waals surface area contributed by atoms with Crippen molar-refractivity contribution in [1.29, 1.82) is 0 Å². The molecule has 0 radical (unpaired) electrons. The molecule has 2 aromatic rings. The van der Waals surface area contributed by atoms with Crippen molar-refractivity contribution in [3.63, 3.8) is 0 Å². The minimum absolute atomic E-state index is 0.0426. The molecular weight excluding hydrogens is 402 g/mol. The summed E-state index contributed by atoms with van der Waals surface area (Å²) in [6.07, 6.45) is 0. The molecule has 0 aliphatic carbocycles. The summed E-state index contributed by atoms with van der Waals surface area (Å²) >= 11 is 1.47. The molecule has 0 bridgehead atoms. The molecule has 1 aromatic heterocycles. The lowest BCUT2D eigenvalue weighted by Gasteiger charge is -2.39. The number of anilines is 2. The van der Waals surface area contributed by atoms with Gasteiger partial charge >= 0.3 is 14.8 Å². The fraction of sp³-hybridized carbons (Fsp3) is 0.450. The number of nitrogens with zero attached hydrogens (tertiary/aromatic N) is 4. The van der Waals surface area contributed by atoms with Crippen LogP contribution in [0.1, 0.15) is 17.4 Å². The molecule has 1 aromatic carbocycles. The first-order chi connectivity index (χ1) is 13.8. The Kier molecular flexibility index (Phi) is 6.58. The number of carbonyl (C=O) groups excluding carboxylic acids is 2. The van der Waals surface area contributed by atoms with Gasteiger partial charge in [0.25, 0.3) is 5.91 Å². The van der Waals surface area contributed by atoms with E-state index < -0.39 is 8.80 Å². The summed E-state index contributed by atoms with van der Waals surface area (Å²) < 4.78 is 0. The van der Waals surface area contributed by atoms with Gasteiger partial charge in [0.1, 0.15) is 5.69 Å². The number of carbonyl (C=O) groups is 2. The molecule has 7 nitrogen and oxygen atoms in total. The molecule has 3 amide bonds. The van der Waals surface area contributed by atoms with Gasteiger partial charge < -0.3 is 20.0 Å². The first kappa shape index (κ1) is 21.3. The molecule has 0 unspecified atom stereocenters. The molecule has 3 rings (SSSR count). The van der Waals surface area contributed by atoms with Crippen LogP contribution in [0.3, 0.4) is 0 Å². The largest absolute Gasteiger partial charge is 0.345 e. The Balaban J connectivity index is 1.59. The van der Waals surface area contributed by atoms with Gasteiger partial charge in [0, 0.05) is 50.8 Å². The summed E-state index contributed by atoms with van der Waals surface area (Å²) in [5.41, 5.74) is 1.29. The smallest absolute Gasteiger partial charge is 0.344 e. The van der Waals surface area contributed by atoms with Crippen LogP contribution < -0.4 is 15.4 Å². The summed E-state index contributed by atoms with van der Waals surface area (Å²) in [6.45, 7) is 8.53. The summed E-state index contributed by atoms with van der Waals surface area (Å²) in [4.78, 5) is 34.8. The number of amides is 3. The quantitative estimate of drug-likeness (QED) is 0.757.